The van der Waals surface area contributed by atoms with Crippen LogP contribution < -0.4 is 4.74 Å². The van der Waals surface area contributed by atoms with Gasteiger partial charge in [0.1, 0.15) is 12.4 Å². The van der Waals surface area contributed by atoms with E-state index in [0.717, 1.165) is 16.9 Å². The van der Waals surface area contributed by atoms with Crippen LogP contribution >= 0.6 is 23.2 Å². The smallest absolute Gasteiger partial charge is 0.127 e. The van der Waals surface area contributed by atoms with Crippen LogP contribution in [0.1, 0.15) is 24.0 Å². The summed E-state index contributed by atoms with van der Waals surface area (Å²) < 4.78 is 5.90. The second kappa shape index (κ2) is 5.90. The molecule has 0 N–H and O–H groups in total. The van der Waals surface area contributed by atoms with Gasteiger partial charge in [0.05, 0.1) is 10.0 Å². The maximum atomic E-state index is 6.01. The Labute approximate surface area is 128 Å². The molecule has 20 heavy (non-hydrogen) atoms. The molecule has 2 aromatic rings. The third kappa shape index (κ3) is 3.36. The highest BCUT2D eigenvalue weighted by Crippen LogP contribution is 2.33. The molecule has 0 amide bonds. The van der Waals surface area contributed by atoms with Crippen molar-refractivity contribution >= 4 is 29.3 Å². The van der Waals surface area contributed by atoms with Gasteiger partial charge in [-0.05, 0) is 36.6 Å². The van der Waals surface area contributed by atoms with Gasteiger partial charge in [0, 0.05) is 5.56 Å². The Kier molecular flexibility index (Phi) is 4.00. The quantitative estimate of drug-likeness (QED) is 0.699. The molecule has 0 saturated heterocycles. The zero-order chi connectivity index (χ0) is 13.9. The lowest BCUT2D eigenvalue weighted by molar-refractivity contribution is 0.305. The van der Waals surface area contributed by atoms with E-state index < -0.39 is 0 Å². The molecular weight excluding hydrogens is 291 g/mol. The third-order valence-corrected chi connectivity index (χ3v) is 3.93. The fourth-order valence-electron chi connectivity index (χ4n) is 1.96. The number of para-hydroxylation sites is 1. The van der Waals surface area contributed by atoms with Crippen molar-refractivity contribution in [2.75, 3.05) is 0 Å². The number of hydrogen-bond donors (Lipinski definition) is 0. The molecule has 1 aliphatic rings. The molecular formula is C17H14Cl2O. The predicted octanol–water partition coefficient (Wildman–Crippen LogP) is 5.75. The maximum absolute atomic E-state index is 6.01. The fraction of sp³-hybridized carbons (Fsp3) is 0.176. The first-order chi connectivity index (χ1) is 9.72. The zero-order valence-electron chi connectivity index (χ0n) is 10.9. The van der Waals surface area contributed by atoms with Gasteiger partial charge in [0.2, 0.25) is 0 Å². The van der Waals surface area contributed by atoms with Crippen molar-refractivity contribution in [3.8, 4) is 5.75 Å². The third-order valence-electron chi connectivity index (χ3n) is 3.20. The molecule has 3 rings (SSSR count). The summed E-state index contributed by atoms with van der Waals surface area (Å²) in [4.78, 5) is 0. The topological polar surface area (TPSA) is 9.23 Å². The van der Waals surface area contributed by atoms with Gasteiger partial charge in [-0.15, -0.1) is 0 Å². The first kappa shape index (κ1) is 13.5. The molecule has 0 spiro atoms. The highest BCUT2D eigenvalue weighted by atomic mass is 35.5. The fourth-order valence-corrected chi connectivity index (χ4v) is 2.28. The molecule has 0 radical (unpaired) electrons. The summed E-state index contributed by atoms with van der Waals surface area (Å²) in [7, 11) is 0. The Bertz CT molecular complexity index is 656. The Morgan fingerprint density at radius 1 is 1.00 bits per heavy atom. The average molecular weight is 305 g/mol. The van der Waals surface area contributed by atoms with E-state index in [2.05, 4.69) is 12.1 Å². The second-order valence-electron chi connectivity index (χ2n) is 4.88. The lowest BCUT2D eigenvalue weighted by Gasteiger charge is -2.10. The van der Waals surface area contributed by atoms with Crippen LogP contribution in [0.25, 0.3) is 6.08 Å². The van der Waals surface area contributed by atoms with Gasteiger partial charge in [0.15, 0.2) is 0 Å². The summed E-state index contributed by atoms with van der Waals surface area (Å²) in [6.45, 7) is 0.483. The monoisotopic (exact) mass is 304 g/mol. The highest BCUT2D eigenvalue weighted by Gasteiger charge is 2.12. The molecule has 2 aromatic carbocycles. The van der Waals surface area contributed by atoms with Crippen LogP contribution in [-0.2, 0) is 6.61 Å². The van der Waals surface area contributed by atoms with Crippen LogP contribution in [0.4, 0.5) is 0 Å². The lowest BCUT2D eigenvalue weighted by Crippen LogP contribution is -1.97. The molecule has 0 heterocycles. The molecule has 1 aliphatic carbocycles. The van der Waals surface area contributed by atoms with Crippen molar-refractivity contribution in [3.05, 3.63) is 69.2 Å². The normalized spacial score (nSPS) is 13.2. The van der Waals surface area contributed by atoms with Gasteiger partial charge in [-0.1, -0.05) is 59.1 Å². The Morgan fingerprint density at radius 3 is 2.55 bits per heavy atom. The number of ether oxygens (including phenoxy) is 1. The minimum Gasteiger partial charge on any atom is -0.488 e. The van der Waals surface area contributed by atoms with E-state index in [4.69, 9.17) is 27.9 Å². The van der Waals surface area contributed by atoms with Gasteiger partial charge in [-0.2, -0.15) is 0 Å². The van der Waals surface area contributed by atoms with Crippen LogP contribution in [0.2, 0.25) is 10.0 Å². The van der Waals surface area contributed by atoms with Gasteiger partial charge >= 0.3 is 0 Å². The number of halogens is 2. The van der Waals surface area contributed by atoms with E-state index in [1.807, 2.05) is 30.3 Å². The summed E-state index contributed by atoms with van der Waals surface area (Å²) in [6, 6.07) is 13.6. The highest BCUT2D eigenvalue weighted by molar-refractivity contribution is 6.42. The van der Waals surface area contributed by atoms with Crippen LogP contribution in [-0.4, -0.2) is 0 Å². The van der Waals surface area contributed by atoms with Gasteiger partial charge in [-0.25, -0.2) is 0 Å². The van der Waals surface area contributed by atoms with Crippen molar-refractivity contribution in [1.82, 2.24) is 0 Å². The minimum absolute atomic E-state index is 0.483. The number of benzene rings is 2. The first-order valence-electron chi connectivity index (χ1n) is 6.57. The Hall–Kier alpha value is -1.44. The molecule has 1 saturated carbocycles. The molecule has 0 bridgehead atoms. The zero-order valence-corrected chi connectivity index (χ0v) is 12.4. The summed E-state index contributed by atoms with van der Waals surface area (Å²) >= 11 is 11.9. The number of rotatable bonds is 4. The SMILES string of the molecule is Clc1ccc(COc2ccccc2C=C2CC2)cc1Cl. The molecule has 0 aromatic heterocycles. The summed E-state index contributed by atoms with van der Waals surface area (Å²) in [6.07, 6.45) is 4.63. The molecule has 0 atom stereocenters. The van der Waals surface area contributed by atoms with Crippen molar-refractivity contribution in [2.24, 2.45) is 0 Å². The van der Waals surface area contributed by atoms with Crippen LogP contribution in [0.5, 0.6) is 5.75 Å². The van der Waals surface area contributed by atoms with E-state index in [9.17, 15) is 0 Å². The van der Waals surface area contributed by atoms with Crippen molar-refractivity contribution in [2.45, 2.75) is 19.4 Å². The largest absolute Gasteiger partial charge is 0.488 e. The summed E-state index contributed by atoms with van der Waals surface area (Å²) in [5, 5.41) is 1.12. The predicted molar refractivity (Wildman–Crippen MR) is 84.4 cm³/mol. The lowest BCUT2D eigenvalue weighted by atomic mass is 10.2. The van der Waals surface area contributed by atoms with Gasteiger partial charge in [-0.3, -0.25) is 0 Å². The van der Waals surface area contributed by atoms with Crippen molar-refractivity contribution < 1.29 is 4.74 Å². The standard InChI is InChI=1S/C17H14Cl2O/c18-15-8-7-13(10-16(15)19)11-20-17-4-2-1-3-14(17)9-12-5-6-12/h1-4,7-10H,5-6,11H2. The summed E-state index contributed by atoms with van der Waals surface area (Å²) in [5.74, 6) is 0.901. The summed E-state index contributed by atoms with van der Waals surface area (Å²) in [5.41, 5.74) is 3.63. The van der Waals surface area contributed by atoms with Crippen LogP contribution in [0.15, 0.2) is 48.0 Å². The molecule has 1 nitrogen and oxygen atoms in total. The number of hydrogen-bond acceptors (Lipinski definition) is 1. The average Bonchev–Trinajstić information content (AvgIpc) is 3.26. The van der Waals surface area contributed by atoms with Gasteiger partial charge in [0.25, 0.3) is 0 Å². The van der Waals surface area contributed by atoms with Crippen molar-refractivity contribution in [3.63, 3.8) is 0 Å². The van der Waals surface area contributed by atoms with E-state index in [0.29, 0.717) is 16.7 Å². The molecule has 3 heteroatoms. The minimum atomic E-state index is 0.483. The molecule has 102 valence electrons. The molecule has 1 fully saturated rings. The Morgan fingerprint density at radius 2 is 1.80 bits per heavy atom. The van der Waals surface area contributed by atoms with E-state index in [1.165, 1.54) is 18.4 Å². The van der Waals surface area contributed by atoms with Crippen LogP contribution in [0.3, 0.4) is 0 Å². The number of allylic oxidation sites excluding steroid dienone is 1. The van der Waals surface area contributed by atoms with Crippen LogP contribution in [0, 0.1) is 0 Å². The Balaban J connectivity index is 1.74. The second-order valence-corrected chi connectivity index (χ2v) is 5.69. The first-order valence-corrected chi connectivity index (χ1v) is 7.33. The molecule has 0 unspecified atom stereocenters. The van der Waals surface area contributed by atoms with E-state index >= 15 is 0 Å². The van der Waals surface area contributed by atoms with Crippen molar-refractivity contribution in [1.29, 1.82) is 0 Å². The van der Waals surface area contributed by atoms with Gasteiger partial charge < -0.3 is 4.74 Å². The molecule has 0 aliphatic heterocycles. The maximum Gasteiger partial charge on any atom is 0.127 e. The van der Waals surface area contributed by atoms with E-state index in [1.54, 1.807) is 6.07 Å². The van der Waals surface area contributed by atoms with E-state index in [-0.39, 0.29) is 0 Å².